The third kappa shape index (κ3) is 8.88. The smallest absolute Gasteiger partial charge is 0.300 e. The van der Waals surface area contributed by atoms with Gasteiger partial charge in [0.25, 0.3) is 5.97 Å². The summed E-state index contributed by atoms with van der Waals surface area (Å²) in [6.07, 6.45) is 1.50. The van der Waals surface area contributed by atoms with Crippen LogP contribution in [0.5, 0.6) is 0 Å². The molecule has 7 heteroatoms. The molecule has 0 aromatic heterocycles. The summed E-state index contributed by atoms with van der Waals surface area (Å²) in [5.41, 5.74) is 8.09. The Bertz CT molecular complexity index is 417. The number of benzene rings is 1. The van der Waals surface area contributed by atoms with E-state index in [1.807, 2.05) is 18.2 Å². The molecule has 0 radical (unpaired) electrons. The lowest BCUT2D eigenvalue weighted by molar-refractivity contribution is -0.134. The Kier molecular flexibility index (Phi) is 7.12. The Balaban J connectivity index is 0.000000557. The van der Waals surface area contributed by atoms with Crippen molar-refractivity contribution in [3.63, 3.8) is 0 Å². The molecule has 0 aliphatic carbocycles. The summed E-state index contributed by atoms with van der Waals surface area (Å²) in [6, 6.07) is 7.25. The van der Waals surface area contributed by atoms with Crippen LogP contribution in [0.25, 0.3) is 0 Å². The minimum atomic E-state index is -0.833. The van der Waals surface area contributed by atoms with E-state index in [-0.39, 0.29) is 5.96 Å². The summed E-state index contributed by atoms with van der Waals surface area (Å²) in [6.45, 7) is 1.08. The predicted molar refractivity (Wildman–Crippen MR) is 67.4 cm³/mol. The van der Waals surface area contributed by atoms with Crippen molar-refractivity contribution in [3.05, 3.63) is 34.9 Å². The van der Waals surface area contributed by atoms with Crippen LogP contribution in [0.15, 0.2) is 29.4 Å². The van der Waals surface area contributed by atoms with Gasteiger partial charge in [0, 0.05) is 17.5 Å². The van der Waals surface area contributed by atoms with Crippen LogP contribution >= 0.6 is 11.6 Å². The van der Waals surface area contributed by atoms with E-state index in [1.54, 1.807) is 6.07 Å². The normalized spacial score (nSPS) is 9.29. The zero-order chi connectivity index (χ0) is 13.3. The first kappa shape index (κ1) is 14.9. The third-order valence-corrected chi connectivity index (χ3v) is 1.64. The summed E-state index contributed by atoms with van der Waals surface area (Å²) in [5.74, 6) is -1.04. The van der Waals surface area contributed by atoms with Crippen LogP contribution < -0.4 is 11.2 Å². The number of hydrogen-bond acceptors (Lipinski definition) is 3. The minimum absolute atomic E-state index is 0.205. The van der Waals surface area contributed by atoms with Gasteiger partial charge in [0.2, 0.25) is 5.96 Å². The zero-order valence-electron chi connectivity index (χ0n) is 9.14. The molecular weight excluding hydrogens is 244 g/mol. The van der Waals surface area contributed by atoms with Crippen LogP contribution in [0.3, 0.4) is 0 Å². The molecule has 1 aromatic carbocycles. The second-order valence-electron chi connectivity index (χ2n) is 2.82. The first-order valence-corrected chi connectivity index (χ1v) is 4.88. The predicted octanol–water partition coefficient (Wildman–Crippen LogP) is 1.25. The number of guanidine groups is 1. The molecule has 5 N–H and O–H groups in total. The fraction of sp³-hybridized carbons (Fsp3) is 0.100. The van der Waals surface area contributed by atoms with Crippen LogP contribution in [0.2, 0.25) is 5.02 Å². The van der Waals surface area contributed by atoms with Crippen molar-refractivity contribution in [2.24, 2.45) is 10.8 Å². The van der Waals surface area contributed by atoms with Gasteiger partial charge in [-0.2, -0.15) is 5.10 Å². The molecule has 0 bridgehead atoms. The first-order chi connectivity index (χ1) is 7.93. The van der Waals surface area contributed by atoms with Crippen LogP contribution in [-0.2, 0) is 4.79 Å². The largest absolute Gasteiger partial charge is 0.481 e. The molecule has 0 atom stereocenters. The third-order valence-electron chi connectivity index (χ3n) is 1.29. The molecule has 92 valence electrons. The zero-order valence-corrected chi connectivity index (χ0v) is 9.90. The Morgan fingerprint density at radius 1 is 1.59 bits per heavy atom. The van der Waals surface area contributed by atoms with Crippen molar-refractivity contribution in [2.75, 3.05) is 0 Å². The van der Waals surface area contributed by atoms with Gasteiger partial charge in [0.15, 0.2) is 0 Å². The van der Waals surface area contributed by atoms with Crippen molar-refractivity contribution >= 4 is 29.7 Å². The van der Waals surface area contributed by atoms with E-state index in [1.165, 1.54) is 6.21 Å². The van der Waals surface area contributed by atoms with Gasteiger partial charge in [0.1, 0.15) is 0 Å². The quantitative estimate of drug-likeness (QED) is 0.362. The summed E-state index contributed by atoms with van der Waals surface area (Å²) in [5, 5.41) is 18.6. The van der Waals surface area contributed by atoms with E-state index in [2.05, 4.69) is 10.5 Å². The SMILES string of the molecule is CC(=O)O.N=C(N)NN=Cc1ccccc1Cl. The number of carboxylic acids is 1. The summed E-state index contributed by atoms with van der Waals surface area (Å²) < 4.78 is 0. The molecule has 0 fully saturated rings. The van der Waals surface area contributed by atoms with E-state index in [0.29, 0.717) is 5.02 Å². The van der Waals surface area contributed by atoms with Crippen LogP contribution in [0, 0.1) is 5.41 Å². The van der Waals surface area contributed by atoms with Gasteiger partial charge in [-0.1, -0.05) is 29.8 Å². The topological polar surface area (TPSA) is 112 Å². The standard InChI is InChI=1S/C8H9ClN4.C2H4O2/c9-7-4-2-1-3-6(7)5-12-13-8(10)11;1-2(3)4/h1-5H,(H4,10,11,13);1H3,(H,3,4). The van der Waals surface area contributed by atoms with Gasteiger partial charge < -0.3 is 10.8 Å². The number of carboxylic acid groups (broad SMARTS) is 1. The van der Waals surface area contributed by atoms with Gasteiger partial charge >= 0.3 is 0 Å². The van der Waals surface area contributed by atoms with E-state index >= 15 is 0 Å². The number of carbonyl (C=O) groups is 1. The highest BCUT2D eigenvalue weighted by atomic mass is 35.5. The van der Waals surface area contributed by atoms with Gasteiger partial charge in [-0.25, -0.2) is 5.43 Å². The maximum Gasteiger partial charge on any atom is 0.300 e. The molecule has 0 unspecified atom stereocenters. The highest BCUT2D eigenvalue weighted by molar-refractivity contribution is 6.33. The molecule has 0 saturated heterocycles. The first-order valence-electron chi connectivity index (χ1n) is 4.50. The van der Waals surface area contributed by atoms with Crippen molar-refractivity contribution < 1.29 is 9.90 Å². The lowest BCUT2D eigenvalue weighted by Gasteiger charge is -1.96. The molecule has 0 amide bonds. The fourth-order valence-corrected chi connectivity index (χ4v) is 0.936. The van der Waals surface area contributed by atoms with E-state index in [9.17, 15) is 0 Å². The van der Waals surface area contributed by atoms with Crippen LogP contribution in [-0.4, -0.2) is 23.2 Å². The molecule has 0 aliphatic rings. The number of nitrogens with zero attached hydrogens (tertiary/aromatic N) is 1. The molecule has 6 nitrogen and oxygen atoms in total. The second kappa shape index (κ2) is 8.12. The molecule has 1 rings (SSSR count). The van der Waals surface area contributed by atoms with Crippen molar-refractivity contribution in [1.29, 1.82) is 5.41 Å². The van der Waals surface area contributed by atoms with Gasteiger partial charge in [-0.3, -0.25) is 10.2 Å². The van der Waals surface area contributed by atoms with Crippen LogP contribution in [0.1, 0.15) is 12.5 Å². The molecule has 1 aromatic rings. The minimum Gasteiger partial charge on any atom is -0.481 e. The van der Waals surface area contributed by atoms with Gasteiger partial charge in [-0.05, 0) is 6.07 Å². The molecule has 0 aliphatic heterocycles. The number of nitrogens with one attached hydrogen (secondary N) is 2. The van der Waals surface area contributed by atoms with Crippen molar-refractivity contribution in [2.45, 2.75) is 6.92 Å². The summed E-state index contributed by atoms with van der Waals surface area (Å²) in [7, 11) is 0. The highest BCUT2D eigenvalue weighted by Crippen LogP contribution is 2.11. The molecule has 0 spiro atoms. The monoisotopic (exact) mass is 256 g/mol. The van der Waals surface area contributed by atoms with E-state index < -0.39 is 5.97 Å². The Labute approximate surface area is 104 Å². The van der Waals surface area contributed by atoms with Crippen LogP contribution in [0.4, 0.5) is 0 Å². The number of aliphatic carboxylic acids is 1. The van der Waals surface area contributed by atoms with E-state index in [0.717, 1.165) is 12.5 Å². The average Bonchev–Trinajstić information content (AvgIpc) is 2.19. The number of hydrogen-bond donors (Lipinski definition) is 4. The van der Waals surface area contributed by atoms with Crippen molar-refractivity contribution in [1.82, 2.24) is 5.43 Å². The average molecular weight is 257 g/mol. The molecule has 0 saturated carbocycles. The molecule has 0 heterocycles. The lowest BCUT2D eigenvalue weighted by atomic mass is 10.2. The molecule has 17 heavy (non-hydrogen) atoms. The maximum atomic E-state index is 9.00. The summed E-state index contributed by atoms with van der Waals surface area (Å²) >= 11 is 5.84. The van der Waals surface area contributed by atoms with Crippen molar-refractivity contribution in [3.8, 4) is 0 Å². The van der Waals surface area contributed by atoms with Gasteiger partial charge in [0.05, 0.1) is 6.21 Å². The Morgan fingerprint density at radius 3 is 2.59 bits per heavy atom. The summed E-state index contributed by atoms with van der Waals surface area (Å²) in [4.78, 5) is 9.00. The highest BCUT2D eigenvalue weighted by Gasteiger charge is 1.93. The number of halogens is 1. The molecular formula is C10H13ClN4O2. The fourth-order valence-electron chi connectivity index (χ4n) is 0.751. The Morgan fingerprint density at radius 2 is 2.12 bits per heavy atom. The number of nitrogens with two attached hydrogens (primary N) is 1. The lowest BCUT2D eigenvalue weighted by Crippen LogP contribution is -2.25. The number of rotatable bonds is 2. The maximum absolute atomic E-state index is 9.00. The second-order valence-corrected chi connectivity index (χ2v) is 3.23. The number of hydrazone groups is 1. The van der Waals surface area contributed by atoms with Gasteiger partial charge in [-0.15, -0.1) is 0 Å². The Hall–Kier alpha value is -2.08. The van der Waals surface area contributed by atoms with E-state index in [4.69, 9.17) is 32.6 Å².